The van der Waals surface area contributed by atoms with Crippen LogP contribution in [0, 0.1) is 0 Å². The minimum absolute atomic E-state index is 0.532. The summed E-state index contributed by atoms with van der Waals surface area (Å²) >= 11 is 0. The van der Waals surface area contributed by atoms with E-state index in [1.54, 1.807) is 7.05 Å². The summed E-state index contributed by atoms with van der Waals surface area (Å²) in [6.07, 6.45) is 3.34. The molecule has 0 atom stereocenters. The summed E-state index contributed by atoms with van der Waals surface area (Å²) in [5.74, 6) is 0.532. The first-order chi connectivity index (χ1) is 7.19. The van der Waals surface area contributed by atoms with Crippen LogP contribution in [0.3, 0.4) is 0 Å². The fraction of sp³-hybridized carbons (Fsp3) is 0.308. The zero-order chi connectivity index (χ0) is 11.3. The number of nitrogens with two attached hydrogens (primary N) is 1. The Kier molecular flexibility index (Phi) is 4.10. The zero-order valence-electron chi connectivity index (χ0n) is 9.57. The molecule has 0 radical (unpaired) electrons. The van der Waals surface area contributed by atoms with Gasteiger partial charge in [-0.2, -0.15) is 0 Å². The molecule has 0 spiro atoms. The quantitative estimate of drug-likeness (QED) is 0.752. The van der Waals surface area contributed by atoms with Crippen LogP contribution in [0.1, 0.15) is 30.9 Å². The van der Waals surface area contributed by atoms with Crippen molar-refractivity contribution in [1.82, 2.24) is 0 Å². The van der Waals surface area contributed by atoms with Crippen molar-refractivity contribution in [3.05, 3.63) is 47.7 Å². The molecule has 0 aliphatic carbocycles. The summed E-state index contributed by atoms with van der Waals surface area (Å²) in [5, 5.41) is 0. The number of aliphatic imine (C=N–C) groups is 1. The highest BCUT2D eigenvalue weighted by Crippen LogP contribution is 2.16. The highest BCUT2D eigenvalue weighted by molar-refractivity contribution is 6.08. The van der Waals surface area contributed by atoms with Crippen molar-refractivity contribution < 1.29 is 0 Å². The molecule has 0 amide bonds. The van der Waals surface area contributed by atoms with Crippen molar-refractivity contribution in [2.45, 2.75) is 19.8 Å². The third-order valence-electron chi connectivity index (χ3n) is 2.34. The number of benzene rings is 1. The van der Waals surface area contributed by atoms with Crippen LogP contribution in [0.25, 0.3) is 0 Å². The van der Waals surface area contributed by atoms with Gasteiger partial charge in [0, 0.05) is 7.05 Å². The number of hydrogen-bond donors (Lipinski definition) is 1. The summed E-state index contributed by atoms with van der Waals surface area (Å²) < 4.78 is 0. The van der Waals surface area contributed by atoms with Crippen molar-refractivity contribution in [2.75, 3.05) is 7.05 Å². The first kappa shape index (κ1) is 11.5. The van der Waals surface area contributed by atoms with Gasteiger partial charge in [-0.05, 0) is 35.4 Å². The predicted molar refractivity (Wildman–Crippen MR) is 66.3 cm³/mol. The summed E-state index contributed by atoms with van der Waals surface area (Å²) in [6, 6.07) is 8.40. The molecule has 2 nitrogen and oxygen atoms in total. The highest BCUT2D eigenvalue weighted by atomic mass is 14.7. The molecule has 0 saturated heterocycles. The molecule has 0 aliphatic heterocycles. The summed E-state index contributed by atoms with van der Waals surface area (Å²) in [7, 11) is 1.78. The number of hydrogen-bond acceptors (Lipinski definition) is 2. The van der Waals surface area contributed by atoms with Crippen LogP contribution in [-0.2, 0) is 0 Å². The molecule has 0 heterocycles. The normalized spacial score (nSPS) is 12.7. The minimum Gasteiger partial charge on any atom is -0.405 e. The van der Waals surface area contributed by atoms with Crippen LogP contribution in [0.5, 0.6) is 0 Å². The second-order valence-corrected chi connectivity index (χ2v) is 3.75. The van der Waals surface area contributed by atoms with Gasteiger partial charge in [-0.15, -0.1) is 0 Å². The van der Waals surface area contributed by atoms with Gasteiger partial charge in [0.2, 0.25) is 0 Å². The number of allylic oxidation sites excluding steroid dienone is 1. The van der Waals surface area contributed by atoms with Gasteiger partial charge in [-0.25, -0.2) is 0 Å². The largest absolute Gasteiger partial charge is 0.405 e. The zero-order valence-corrected chi connectivity index (χ0v) is 9.57. The van der Waals surface area contributed by atoms with Gasteiger partial charge in [0.1, 0.15) is 0 Å². The number of nitrogens with zero attached hydrogens (tertiary/aromatic N) is 1. The standard InChI is InChI=1S/C13H18N2/c1-10(2)11-5-4-6-12(9-11)13(15-3)7-8-14/h4-10H,14H2,1-3H3. The molecule has 0 bridgehead atoms. The lowest BCUT2D eigenvalue weighted by atomic mass is 9.99. The maximum Gasteiger partial charge on any atom is 0.0657 e. The Morgan fingerprint density at radius 2 is 2.13 bits per heavy atom. The Balaban J connectivity index is 3.09. The van der Waals surface area contributed by atoms with Crippen molar-refractivity contribution in [1.29, 1.82) is 0 Å². The lowest BCUT2D eigenvalue weighted by Gasteiger charge is -2.07. The van der Waals surface area contributed by atoms with E-state index in [1.807, 2.05) is 12.1 Å². The molecule has 1 aromatic carbocycles. The average Bonchev–Trinajstić information content (AvgIpc) is 2.26. The molecule has 1 rings (SSSR count). The molecule has 0 fully saturated rings. The van der Waals surface area contributed by atoms with Gasteiger partial charge in [-0.1, -0.05) is 32.0 Å². The molecule has 0 saturated carbocycles. The van der Waals surface area contributed by atoms with Crippen LogP contribution in [0.4, 0.5) is 0 Å². The van der Waals surface area contributed by atoms with E-state index in [1.165, 1.54) is 11.8 Å². The van der Waals surface area contributed by atoms with Crippen LogP contribution in [-0.4, -0.2) is 12.8 Å². The Hall–Kier alpha value is -1.57. The summed E-state index contributed by atoms with van der Waals surface area (Å²) in [5.41, 5.74) is 8.73. The van der Waals surface area contributed by atoms with Gasteiger partial charge < -0.3 is 5.73 Å². The Labute approximate surface area is 91.5 Å². The first-order valence-corrected chi connectivity index (χ1v) is 5.14. The Morgan fingerprint density at radius 3 is 2.67 bits per heavy atom. The fourth-order valence-corrected chi connectivity index (χ4v) is 1.45. The molecule has 2 heteroatoms. The van der Waals surface area contributed by atoms with E-state index in [0.29, 0.717) is 5.92 Å². The molecule has 1 aromatic rings. The van der Waals surface area contributed by atoms with E-state index in [-0.39, 0.29) is 0 Å². The second-order valence-electron chi connectivity index (χ2n) is 3.75. The third kappa shape index (κ3) is 2.94. The van der Waals surface area contributed by atoms with E-state index in [9.17, 15) is 0 Å². The van der Waals surface area contributed by atoms with Crippen molar-refractivity contribution in [3.8, 4) is 0 Å². The summed E-state index contributed by atoms with van der Waals surface area (Å²) in [4.78, 5) is 4.20. The van der Waals surface area contributed by atoms with Crippen LogP contribution in [0.2, 0.25) is 0 Å². The minimum atomic E-state index is 0.532. The molecule has 0 aromatic heterocycles. The van der Waals surface area contributed by atoms with Crippen molar-refractivity contribution in [3.63, 3.8) is 0 Å². The average molecular weight is 202 g/mol. The van der Waals surface area contributed by atoms with Gasteiger partial charge in [0.15, 0.2) is 0 Å². The molecule has 0 unspecified atom stereocenters. The molecule has 15 heavy (non-hydrogen) atoms. The van der Waals surface area contributed by atoms with E-state index < -0.39 is 0 Å². The van der Waals surface area contributed by atoms with E-state index >= 15 is 0 Å². The van der Waals surface area contributed by atoms with Crippen LogP contribution in [0.15, 0.2) is 41.5 Å². The predicted octanol–water partition coefficient (Wildman–Crippen LogP) is 2.70. The monoisotopic (exact) mass is 202 g/mol. The first-order valence-electron chi connectivity index (χ1n) is 5.14. The Morgan fingerprint density at radius 1 is 1.40 bits per heavy atom. The van der Waals surface area contributed by atoms with Crippen molar-refractivity contribution in [2.24, 2.45) is 10.7 Å². The molecule has 80 valence electrons. The highest BCUT2D eigenvalue weighted by Gasteiger charge is 2.02. The van der Waals surface area contributed by atoms with Crippen molar-refractivity contribution >= 4 is 5.71 Å². The lowest BCUT2D eigenvalue weighted by molar-refractivity contribution is 0.866. The van der Waals surface area contributed by atoms with E-state index in [2.05, 4.69) is 37.0 Å². The molecular formula is C13H18N2. The lowest BCUT2D eigenvalue weighted by Crippen LogP contribution is -1.99. The van der Waals surface area contributed by atoms with Gasteiger partial charge in [0.05, 0.1) is 5.71 Å². The van der Waals surface area contributed by atoms with Crippen LogP contribution < -0.4 is 5.73 Å². The van der Waals surface area contributed by atoms with Crippen LogP contribution >= 0.6 is 0 Å². The molecular weight excluding hydrogens is 184 g/mol. The van der Waals surface area contributed by atoms with Gasteiger partial charge >= 0.3 is 0 Å². The fourth-order valence-electron chi connectivity index (χ4n) is 1.45. The van der Waals surface area contributed by atoms with Gasteiger partial charge in [-0.3, -0.25) is 4.99 Å². The third-order valence-corrected chi connectivity index (χ3v) is 2.34. The summed E-state index contributed by atoms with van der Waals surface area (Å²) in [6.45, 7) is 4.36. The molecule has 2 N–H and O–H groups in total. The number of rotatable bonds is 3. The maximum atomic E-state index is 5.38. The van der Waals surface area contributed by atoms with E-state index in [0.717, 1.165) is 11.3 Å². The smallest absolute Gasteiger partial charge is 0.0657 e. The Bertz CT molecular complexity index is 376. The maximum absolute atomic E-state index is 5.38. The molecule has 0 aliphatic rings. The second kappa shape index (κ2) is 5.35. The van der Waals surface area contributed by atoms with Gasteiger partial charge in [0.25, 0.3) is 0 Å². The van der Waals surface area contributed by atoms with E-state index in [4.69, 9.17) is 5.73 Å². The SMILES string of the molecule is CN=C(C=CN)c1cccc(C(C)C)c1. The topological polar surface area (TPSA) is 38.4 Å².